The zero-order valence-electron chi connectivity index (χ0n) is 40.0. The lowest BCUT2D eigenvalue weighted by Gasteiger charge is -2.28. The van der Waals surface area contributed by atoms with E-state index in [9.17, 15) is 19.8 Å². The van der Waals surface area contributed by atoms with E-state index in [0.29, 0.717) is 12.8 Å². The van der Waals surface area contributed by atoms with Crippen LogP contribution >= 0.6 is 0 Å². The highest BCUT2D eigenvalue weighted by molar-refractivity contribution is 5.69. The second-order valence-electron chi connectivity index (χ2n) is 18.8. The van der Waals surface area contributed by atoms with E-state index in [-0.39, 0.29) is 25.2 Å². The van der Waals surface area contributed by atoms with Crippen molar-refractivity contribution in [2.45, 2.75) is 296 Å². The van der Waals surface area contributed by atoms with E-state index < -0.39 is 18.6 Å². The zero-order chi connectivity index (χ0) is 43.0. The third kappa shape index (κ3) is 43.3. The van der Waals surface area contributed by atoms with Gasteiger partial charge in [0.1, 0.15) is 13.2 Å². The van der Waals surface area contributed by atoms with Crippen molar-refractivity contribution in [2.75, 3.05) is 26.4 Å². The summed E-state index contributed by atoms with van der Waals surface area (Å²) in [6.07, 6.45) is 56.4. The maximum absolute atomic E-state index is 12.4. The Morgan fingerprint density at radius 2 is 0.475 bits per heavy atom. The minimum atomic E-state index is -1.16. The molecule has 352 valence electrons. The third-order valence-corrected chi connectivity index (χ3v) is 12.7. The van der Waals surface area contributed by atoms with Gasteiger partial charge in [-0.3, -0.25) is 9.59 Å². The van der Waals surface area contributed by atoms with Gasteiger partial charge in [-0.25, -0.2) is 0 Å². The predicted octanol–water partition coefficient (Wildman–Crippen LogP) is 16.2. The van der Waals surface area contributed by atoms with Crippen molar-refractivity contribution >= 4 is 11.9 Å². The number of hydrogen-bond donors (Lipinski definition) is 2. The van der Waals surface area contributed by atoms with Crippen molar-refractivity contribution in [1.29, 1.82) is 0 Å². The Morgan fingerprint density at radius 3 is 0.644 bits per heavy atom. The first-order chi connectivity index (χ1) is 29.0. The Balaban J connectivity index is 3.60. The Morgan fingerprint density at radius 1 is 0.305 bits per heavy atom. The summed E-state index contributed by atoms with van der Waals surface area (Å²) in [5.74, 6) is -0.639. The smallest absolute Gasteiger partial charge is 0.305 e. The van der Waals surface area contributed by atoms with Crippen molar-refractivity contribution < 1.29 is 29.3 Å². The van der Waals surface area contributed by atoms with Gasteiger partial charge in [-0.2, -0.15) is 0 Å². The van der Waals surface area contributed by atoms with Crippen molar-refractivity contribution in [3.05, 3.63) is 0 Å². The number of ether oxygens (including phenoxy) is 2. The van der Waals surface area contributed by atoms with Crippen LogP contribution in [0, 0.1) is 5.41 Å². The van der Waals surface area contributed by atoms with Crippen LogP contribution < -0.4 is 0 Å². The molecule has 0 aliphatic heterocycles. The van der Waals surface area contributed by atoms with Gasteiger partial charge in [0.15, 0.2) is 0 Å². The lowest BCUT2D eigenvalue weighted by atomic mass is 9.92. The summed E-state index contributed by atoms with van der Waals surface area (Å²) >= 11 is 0. The van der Waals surface area contributed by atoms with Gasteiger partial charge in [0.05, 0.1) is 18.6 Å². The van der Waals surface area contributed by atoms with Gasteiger partial charge < -0.3 is 19.7 Å². The number of rotatable bonds is 50. The molecule has 0 aromatic rings. The highest BCUT2D eigenvalue weighted by Gasteiger charge is 2.33. The largest absolute Gasteiger partial charge is 0.465 e. The number of aliphatic hydroxyl groups is 2. The molecular weight excluding hydrogens is 733 g/mol. The molecule has 0 saturated heterocycles. The molecule has 0 radical (unpaired) electrons. The molecule has 0 unspecified atom stereocenters. The van der Waals surface area contributed by atoms with Gasteiger partial charge >= 0.3 is 11.9 Å². The van der Waals surface area contributed by atoms with E-state index in [1.54, 1.807) is 0 Å². The van der Waals surface area contributed by atoms with Gasteiger partial charge in [-0.05, 0) is 12.8 Å². The SMILES string of the molecule is CCCCCCCCCCCCCCCCCCCCCCCC(=O)OCC(CO)(CO)COC(=O)CCCCCCCCCCCCCCCCCCCCCCC. The molecule has 0 bridgehead atoms. The first-order valence-electron chi connectivity index (χ1n) is 26.6. The molecule has 6 nitrogen and oxygen atoms in total. The minimum Gasteiger partial charge on any atom is -0.465 e. The average Bonchev–Trinajstić information content (AvgIpc) is 3.25. The highest BCUT2D eigenvalue weighted by Crippen LogP contribution is 2.20. The number of esters is 2. The Hall–Kier alpha value is -1.14. The van der Waals surface area contributed by atoms with E-state index in [1.165, 1.54) is 231 Å². The molecule has 0 fully saturated rings. The van der Waals surface area contributed by atoms with E-state index in [1.807, 2.05) is 0 Å². The molecule has 0 aromatic heterocycles. The molecule has 0 amide bonds. The fourth-order valence-electron chi connectivity index (χ4n) is 8.29. The number of carbonyl (C=O) groups is 2. The summed E-state index contributed by atoms with van der Waals surface area (Å²) in [6, 6.07) is 0. The van der Waals surface area contributed by atoms with Gasteiger partial charge in [0.2, 0.25) is 0 Å². The van der Waals surface area contributed by atoms with Crippen LogP contribution in [-0.2, 0) is 19.1 Å². The van der Waals surface area contributed by atoms with Crippen LogP contribution in [0.15, 0.2) is 0 Å². The van der Waals surface area contributed by atoms with Gasteiger partial charge in [0.25, 0.3) is 0 Å². The monoisotopic (exact) mass is 837 g/mol. The first-order valence-corrected chi connectivity index (χ1v) is 26.6. The van der Waals surface area contributed by atoms with Crippen molar-refractivity contribution in [3.63, 3.8) is 0 Å². The summed E-state index contributed by atoms with van der Waals surface area (Å²) in [6.45, 7) is 3.45. The molecule has 0 atom stereocenters. The summed E-state index contributed by atoms with van der Waals surface area (Å²) < 4.78 is 10.8. The first kappa shape index (κ1) is 57.9. The number of aliphatic hydroxyl groups excluding tert-OH is 2. The Bertz CT molecular complexity index is 778. The van der Waals surface area contributed by atoms with Crippen LogP contribution in [0.5, 0.6) is 0 Å². The molecule has 2 N–H and O–H groups in total. The van der Waals surface area contributed by atoms with E-state index in [0.717, 1.165) is 38.5 Å². The summed E-state index contributed by atoms with van der Waals surface area (Å²) in [7, 11) is 0. The molecule has 0 spiro atoms. The number of hydrogen-bond acceptors (Lipinski definition) is 6. The van der Waals surface area contributed by atoms with Crippen LogP contribution in [0.4, 0.5) is 0 Å². The van der Waals surface area contributed by atoms with Crippen molar-refractivity contribution in [3.8, 4) is 0 Å². The third-order valence-electron chi connectivity index (χ3n) is 12.7. The Labute approximate surface area is 368 Å². The van der Waals surface area contributed by atoms with Crippen LogP contribution in [-0.4, -0.2) is 48.6 Å². The highest BCUT2D eigenvalue weighted by atomic mass is 16.5. The van der Waals surface area contributed by atoms with Crippen LogP contribution in [0.1, 0.15) is 296 Å². The molecular formula is C53H104O6. The van der Waals surface area contributed by atoms with Gasteiger partial charge in [-0.1, -0.05) is 271 Å². The molecule has 0 aliphatic rings. The summed E-state index contributed by atoms with van der Waals surface area (Å²) in [5, 5.41) is 19.9. The topological polar surface area (TPSA) is 93.1 Å². The van der Waals surface area contributed by atoms with Crippen LogP contribution in [0.2, 0.25) is 0 Å². The molecule has 0 heterocycles. The normalized spacial score (nSPS) is 11.7. The fourth-order valence-corrected chi connectivity index (χ4v) is 8.29. The minimum absolute atomic E-state index is 0.148. The fraction of sp³-hybridized carbons (Fsp3) is 0.962. The molecule has 0 rings (SSSR count). The van der Waals surface area contributed by atoms with Gasteiger partial charge in [0, 0.05) is 12.8 Å². The zero-order valence-corrected chi connectivity index (χ0v) is 40.0. The van der Waals surface area contributed by atoms with Crippen molar-refractivity contribution in [2.24, 2.45) is 5.41 Å². The lowest BCUT2D eigenvalue weighted by molar-refractivity contribution is -0.159. The van der Waals surface area contributed by atoms with Crippen LogP contribution in [0.25, 0.3) is 0 Å². The predicted molar refractivity (Wildman–Crippen MR) is 253 cm³/mol. The van der Waals surface area contributed by atoms with Crippen molar-refractivity contribution in [1.82, 2.24) is 0 Å². The Kier molecular flexibility index (Phi) is 47.0. The average molecular weight is 837 g/mol. The van der Waals surface area contributed by atoms with Crippen LogP contribution in [0.3, 0.4) is 0 Å². The quantitative estimate of drug-likeness (QED) is 0.0468. The number of carbonyl (C=O) groups excluding carboxylic acids is 2. The second-order valence-corrected chi connectivity index (χ2v) is 18.8. The summed E-state index contributed by atoms with van der Waals surface area (Å²) in [5.41, 5.74) is -1.16. The molecule has 0 aromatic carbocycles. The maximum Gasteiger partial charge on any atom is 0.305 e. The lowest BCUT2D eigenvalue weighted by Crippen LogP contribution is -2.41. The second kappa shape index (κ2) is 47.9. The van der Waals surface area contributed by atoms with E-state index >= 15 is 0 Å². The number of unbranched alkanes of at least 4 members (excludes halogenated alkanes) is 40. The van der Waals surface area contributed by atoms with Gasteiger partial charge in [-0.15, -0.1) is 0 Å². The molecule has 59 heavy (non-hydrogen) atoms. The molecule has 0 aliphatic carbocycles. The maximum atomic E-state index is 12.4. The standard InChI is InChI=1S/C53H104O6/c1-3-5-7-9-11-13-15-17-19-21-23-25-27-29-31-33-35-37-39-41-43-45-51(56)58-49-53(47-54,48-55)50-59-52(57)46-44-42-40-38-36-34-32-30-28-26-24-22-20-18-16-14-12-10-8-6-4-2/h54-55H,3-50H2,1-2H3. The van der Waals surface area contributed by atoms with E-state index in [2.05, 4.69) is 13.8 Å². The molecule has 6 heteroatoms. The molecule has 0 saturated carbocycles. The summed E-state index contributed by atoms with van der Waals surface area (Å²) in [4.78, 5) is 24.8. The van der Waals surface area contributed by atoms with E-state index in [4.69, 9.17) is 9.47 Å².